The van der Waals surface area contributed by atoms with Gasteiger partial charge in [-0.3, -0.25) is 0 Å². The molecule has 0 bridgehead atoms. The molecule has 23 heavy (non-hydrogen) atoms. The Morgan fingerprint density at radius 1 is 1.04 bits per heavy atom. The maximum Gasteiger partial charge on any atom is 0.250 e. The number of nitrogens with zero attached hydrogens (tertiary/aromatic N) is 5. The molecule has 0 fully saturated rings. The van der Waals surface area contributed by atoms with Crippen LogP contribution in [0.3, 0.4) is 0 Å². The molecule has 0 unspecified atom stereocenters. The third-order valence-corrected chi connectivity index (χ3v) is 4.57. The number of hydrogen-bond acceptors (Lipinski definition) is 4. The molecule has 0 spiro atoms. The summed E-state index contributed by atoms with van der Waals surface area (Å²) in [5.41, 5.74) is 3.81. The first-order chi connectivity index (χ1) is 11.3. The third kappa shape index (κ3) is 2.48. The van der Waals surface area contributed by atoms with Gasteiger partial charge < -0.3 is 4.90 Å². The summed E-state index contributed by atoms with van der Waals surface area (Å²) in [6.07, 6.45) is 3.47. The van der Waals surface area contributed by atoms with Gasteiger partial charge in [-0.25, -0.2) is 0 Å². The van der Waals surface area contributed by atoms with Gasteiger partial charge in [0.25, 0.3) is 5.95 Å². The fraction of sp³-hybridized carbons (Fsp3) is 0.278. The van der Waals surface area contributed by atoms with Crippen molar-refractivity contribution in [3.8, 4) is 5.69 Å². The van der Waals surface area contributed by atoms with Gasteiger partial charge in [-0.1, -0.05) is 47.6 Å². The molecule has 0 saturated carbocycles. The number of para-hydroxylation sites is 1. The molecule has 0 radical (unpaired) electrons. The molecule has 1 heterocycles. The summed E-state index contributed by atoms with van der Waals surface area (Å²) < 4.78 is 1.80. The molecule has 0 N–H and O–H groups in total. The third-order valence-electron chi connectivity index (χ3n) is 4.57. The topological polar surface area (TPSA) is 46.8 Å². The Labute approximate surface area is 135 Å². The van der Waals surface area contributed by atoms with Crippen LogP contribution in [0, 0.1) is 0 Å². The standard InChI is InChI=1S/C18H19N5/c1-22(17-13-7-9-14-8-5-6-12-16(14)17)18-19-20-21-23(18)15-10-3-2-4-11-15/h2-6,8,10-12,17H,7,9,13H2,1H3/t17-/m1/s1. The number of hydrogen-bond donors (Lipinski definition) is 0. The summed E-state index contributed by atoms with van der Waals surface area (Å²) in [6.45, 7) is 0. The normalized spacial score (nSPS) is 16.8. The Balaban J connectivity index is 1.72. The largest absolute Gasteiger partial charge is 0.335 e. The molecule has 2 aromatic carbocycles. The van der Waals surface area contributed by atoms with E-state index < -0.39 is 0 Å². The minimum absolute atomic E-state index is 0.313. The fourth-order valence-corrected chi connectivity index (χ4v) is 3.41. The number of rotatable bonds is 3. The second kappa shape index (κ2) is 5.83. The van der Waals surface area contributed by atoms with Gasteiger partial charge in [-0.05, 0) is 52.9 Å². The van der Waals surface area contributed by atoms with E-state index in [-0.39, 0.29) is 0 Å². The zero-order valence-corrected chi connectivity index (χ0v) is 13.1. The van der Waals surface area contributed by atoms with Crippen LogP contribution in [0.5, 0.6) is 0 Å². The molecule has 1 aliphatic rings. The molecule has 0 amide bonds. The second-order valence-corrected chi connectivity index (χ2v) is 5.94. The van der Waals surface area contributed by atoms with Crippen molar-refractivity contribution in [2.45, 2.75) is 25.3 Å². The van der Waals surface area contributed by atoms with Crippen LogP contribution >= 0.6 is 0 Å². The highest BCUT2D eigenvalue weighted by Gasteiger charge is 2.26. The molecule has 4 rings (SSSR count). The fourth-order valence-electron chi connectivity index (χ4n) is 3.41. The first kappa shape index (κ1) is 13.9. The molecule has 3 aromatic rings. The maximum absolute atomic E-state index is 4.27. The average Bonchev–Trinajstić information content (AvgIpc) is 3.11. The maximum atomic E-state index is 4.27. The Bertz CT molecular complexity index is 796. The first-order valence-electron chi connectivity index (χ1n) is 7.99. The summed E-state index contributed by atoms with van der Waals surface area (Å²) in [7, 11) is 2.08. The highest BCUT2D eigenvalue weighted by Crippen LogP contribution is 2.35. The molecule has 116 valence electrons. The van der Waals surface area contributed by atoms with E-state index in [1.165, 1.54) is 17.5 Å². The van der Waals surface area contributed by atoms with Gasteiger partial charge in [-0.2, -0.15) is 4.68 Å². The van der Waals surface area contributed by atoms with Crippen LogP contribution in [0.2, 0.25) is 0 Å². The molecule has 1 aliphatic carbocycles. The van der Waals surface area contributed by atoms with Crippen molar-refractivity contribution in [3.05, 3.63) is 65.7 Å². The van der Waals surface area contributed by atoms with Crippen LogP contribution in [0.4, 0.5) is 5.95 Å². The van der Waals surface area contributed by atoms with Crippen molar-refractivity contribution in [2.75, 3.05) is 11.9 Å². The monoisotopic (exact) mass is 305 g/mol. The number of fused-ring (bicyclic) bond motifs is 1. The van der Waals surface area contributed by atoms with E-state index in [0.717, 1.165) is 24.5 Å². The van der Waals surface area contributed by atoms with Crippen molar-refractivity contribution in [3.63, 3.8) is 0 Å². The van der Waals surface area contributed by atoms with Crippen LogP contribution in [-0.2, 0) is 6.42 Å². The summed E-state index contributed by atoms with van der Waals surface area (Å²) in [5.74, 6) is 0.776. The van der Waals surface area contributed by atoms with Gasteiger partial charge in [0.05, 0.1) is 11.7 Å². The lowest BCUT2D eigenvalue weighted by Crippen LogP contribution is -2.29. The SMILES string of the molecule is CN(c1nnnn1-c1ccccc1)[C@@H]1CCCc2ccccc21. The highest BCUT2D eigenvalue weighted by molar-refractivity contribution is 5.44. The predicted molar refractivity (Wildman–Crippen MR) is 89.7 cm³/mol. The number of aryl methyl sites for hydroxylation is 1. The van der Waals surface area contributed by atoms with E-state index in [9.17, 15) is 0 Å². The number of aromatic nitrogens is 4. The van der Waals surface area contributed by atoms with Crippen molar-refractivity contribution in [1.82, 2.24) is 20.2 Å². The highest BCUT2D eigenvalue weighted by atomic mass is 15.6. The van der Waals surface area contributed by atoms with Gasteiger partial charge in [0, 0.05) is 7.05 Å². The number of anilines is 1. The molecule has 5 nitrogen and oxygen atoms in total. The second-order valence-electron chi connectivity index (χ2n) is 5.94. The van der Waals surface area contributed by atoms with E-state index in [0.29, 0.717) is 6.04 Å². The summed E-state index contributed by atoms with van der Waals surface area (Å²) in [4.78, 5) is 2.20. The lowest BCUT2D eigenvalue weighted by Gasteiger charge is -2.33. The molecule has 1 atom stereocenters. The summed E-state index contributed by atoms with van der Waals surface area (Å²) >= 11 is 0. The predicted octanol–water partition coefficient (Wildman–Crippen LogP) is 3.18. The van der Waals surface area contributed by atoms with Crippen molar-refractivity contribution in [2.24, 2.45) is 0 Å². The van der Waals surface area contributed by atoms with E-state index in [1.54, 1.807) is 4.68 Å². The molecule has 1 aromatic heterocycles. The van der Waals surface area contributed by atoms with Gasteiger partial charge in [-0.15, -0.1) is 0 Å². The Morgan fingerprint density at radius 3 is 2.70 bits per heavy atom. The molecular weight excluding hydrogens is 286 g/mol. The smallest absolute Gasteiger partial charge is 0.250 e. The number of tetrazole rings is 1. The summed E-state index contributed by atoms with van der Waals surface area (Å²) in [5, 5.41) is 12.3. The first-order valence-corrected chi connectivity index (χ1v) is 7.99. The van der Waals surface area contributed by atoms with Crippen LogP contribution in [0.15, 0.2) is 54.6 Å². The Morgan fingerprint density at radius 2 is 1.83 bits per heavy atom. The average molecular weight is 305 g/mol. The zero-order valence-electron chi connectivity index (χ0n) is 13.1. The van der Waals surface area contributed by atoms with Crippen LogP contribution < -0.4 is 4.90 Å². The van der Waals surface area contributed by atoms with E-state index in [2.05, 4.69) is 51.7 Å². The molecule has 0 aliphatic heterocycles. The number of benzene rings is 2. The van der Waals surface area contributed by atoms with Crippen molar-refractivity contribution in [1.29, 1.82) is 0 Å². The Kier molecular flexibility index (Phi) is 3.54. The molecule has 0 saturated heterocycles. The van der Waals surface area contributed by atoms with Gasteiger partial charge in [0.2, 0.25) is 0 Å². The van der Waals surface area contributed by atoms with Gasteiger partial charge in [0.15, 0.2) is 0 Å². The van der Waals surface area contributed by atoms with Crippen LogP contribution in [-0.4, -0.2) is 27.3 Å². The van der Waals surface area contributed by atoms with Crippen LogP contribution in [0.25, 0.3) is 5.69 Å². The lowest BCUT2D eigenvalue weighted by atomic mass is 9.87. The molecule has 5 heteroatoms. The van der Waals surface area contributed by atoms with Gasteiger partial charge >= 0.3 is 0 Å². The van der Waals surface area contributed by atoms with E-state index in [4.69, 9.17) is 0 Å². The van der Waals surface area contributed by atoms with Gasteiger partial charge in [0.1, 0.15) is 0 Å². The lowest BCUT2D eigenvalue weighted by molar-refractivity contribution is 0.534. The van der Waals surface area contributed by atoms with E-state index in [1.807, 2.05) is 30.3 Å². The van der Waals surface area contributed by atoms with E-state index >= 15 is 0 Å². The molecular formula is C18H19N5. The zero-order chi connectivity index (χ0) is 15.6. The summed E-state index contributed by atoms with van der Waals surface area (Å²) in [6, 6.07) is 19.0. The Hall–Kier alpha value is -2.69. The van der Waals surface area contributed by atoms with Crippen molar-refractivity contribution < 1.29 is 0 Å². The minimum Gasteiger partial charge on any atom is -0.335 e. The quantitative estimate of drug-likeness (QED) is 0.745. The van der Waals surface area contributed by atoms with Crippen LogP contribution in [0.1, 0.15) is 30.0 Å². The minimum atomic E-state index is 0.313. The van der Waals surface area contributed by atoms with Crippen molar-refractivity contribution >= 4 is 5.95 Å².